The summed E-state index contributed by atoms with van der Waals surface area (Å²) < 4.78 is 0. The first-order chi connectivity index (χ1) is 7.25. The van der Waals surface area contributed by atoms with Crippen molar-refractivity contribution in [3.05, 3.63) is 32.7 Å². The Morgan fingerprint density at radius 2 is 2.27 bits per heavy atom. The van der Waals surface area contributed by atoms with Gasteiger partial charge >= 0.3 is 5.97 Å². The molecule has 0 atom stereocenters. The van der Waals surface area contributed by atoms with Gasteiger partial charge in [0.1, 0.15) is 5.01 Å². The number of hydrogen-bond donors (Lipinski definition) is 1. The molecule has 0 spiro atoms. The highest BCUT2D eigenvalue weighted by molar-refractivity contribution is 7.11. The van der Waals surface area contributed by atoms with Gasteiger partial charge < -0.3 is 5.11 Å². The van der Waals surface area contributed by atoms with Crippen molar-refractivity contribution in [2.45, 2.75) is 0 Å². The number of hydrogen-bond acceptors (Lipinski definition) is 5. The summed E-state index contributed by atoms with van der Waals surface area (Å²) >= 11 is 2.82. The van der Waals surface area contributed by atoms with Crippen LogP contribution in [-0.4, -0.2) is 21.0 Å². The fourth-order valence-electron chi connectivity index (χ4n) is 0.924. The number of carbonyl (C=O) groups is 1. The average molecular weight is 238 g/mol. The van der Waals surface area contributed by atoms with Crippen LogP contribution in [0.2, 0.25) is 0 Å². The highest BCUT2D eigenvalue weighted by atomic mass is 32.1. The van der Waals surface area contributed by atoms with Crippen molar-refractivity contribution in [2.75, 3.05) is 0 Å². The topological polar surface area (TPSA) is 63.1 Å². The first kappa shape index (κ1) is 10.0. The zero-order chi connectivity index (χ0) is 10.7. The van der Waals surface area contributed by atoms with E-state index in [1.165, 1.54) is 28.1 Å². The summed E-state index contributed by atoms with van der Waals surface area (Å²) in [5, 5.41) is 10.9. The molecule has 0 radical (unpaired) electrons. The molecule has 1 N–H and O–H groups in total. The van der Waals surface area contributed by atoms with Crippen LogP contribution < -0.4 is 0 Å². The van der Waals surface area contributed by atoms with E-state index in [1.54, 1.807) is 17.8 Å². The van der Waals surface area contributed by atoms with Gasteiger partial charge in [0.25, 0.3) is 0 Å². The first-order valence-corrected chi connectivity index (χ1v) is 5.77. The third-order valence-corrected chi connectivity index (χ3v) is 3.13. The maximum Gasteiger partial charge on any atom is 0.355 e. The molecule has 0 aliphatic carbocycles. The first-order valence-electron chi connectivity index (χ1n) is 4.01. The molecule has 0 aliphatic heterocycles. The number of carboxylic acid groups (broad SMARTS) is 1. The van der Waals surface area contributed by atoms with Gasteiger partial charge in [-0.3, -0.25) is 4.98 Å². The van der Waals surface area contributed by atoms with Gasteiger partial charge in [0.05, 0.1) is 5.51 Å². The maximum absolute atomic E-state index is 10.6. The molecule has 2 aromatic heterocycles. The summed E-state index contributed by atoms with van der Waals surface area (Å²) in [5.74, 6) is -0.997. The van der Waals surface area contributed by atoms with Crippen LogP contribution in [0.1, 0.15) is 20.4 Å². The van der Waals surface area contributed by atoms with E-state index in [1.807, 2.05) is 6.08 Å². The molecule has 0 unspecified atom stereocenters. The molecule has 0 amide bonds. The Balaban J connectivity index is 2.14. The summed E-state index contributed by atoms with van der Waals surface area (Å²) in [6, 6.07) is 0. The van der Waals surface area contributed by atoms with Crippen molar-refractivity contribution < 1.29 is 9.90 Å². The lowest BCUT2D eigenvalue weighted by atomic mass is 10.4. The summed E-state index contributed by atoms with van der Waals surface area (Å²) in [7, 11) is 0. The van der Waals surface area contributed by atoms with Gasteiger partial charge in [-0.2, -0.15) is 0 Å². The van der Waals surface area contributed by atoms with Crippen LogP contribution in [0.5, 0.6) is 0 Å². The molecule has 0 aromatic carbocycles. The second-order valence-electron chi connectivity index (χ2n) is 2.61. The molecular weight excluding hydrogens is 232 g/mol. The molecule has 2 heterocycles. The molecule has 0 bridgehead atoms. The van der Waals surface area contributed by atoms with E-state index in [9.17, 15) is 4.79 Å². The predicted molar refractivity (Wildman–Crippen MR) is 60.1 cm³/mol. The van der Waals surface area contributed by atoms with Crippen molar-refractivity contribution in [1.82, 2.24) is 9.97 Å². The van der Waals surface area contributed by atoms with E-state index in [0.717, 1.165) is 4.88 Å². The second kappa shape index (κ2) is 4.33. The lowest BCUT2D eigenvalue weighted by Gasteiger charge is -1.83. The maximum atomic E-state index is 10.6. The number of aromatic carboxylic acids is 1. The second-order valence-corrected chi connectivity index (χ2v) is 4.42. The highest BCUT2D eigenvalue weighted by Gasteiger charge is 2.06. The number of carboxylic acids is 1. The van der Waals surface area contributed by atoms with Crippen LogP contribution in [0.3, 0.4) is 0 Å². The highest BCUT2D eigenvalue weighted by Crippen LogP contribution is 2.15. The number of nitrogens with zero attached hydrogens (tertiary/aromatic N) is 2. The van der Waals surface area contributed by atoms with Gasteiger partial charge in [-0.1, -0.05) is 0 Å². The quantitative estimate of drug-likeness (QED) is 0.892. The molecule has 2 rings (SSSR count). The standard InChI is InChI=1S/C9H6N2O2S2/c12-9(13)7-4-14-8(11-7)2-1-6-3-10-5-15-6/h1-5H,(H,12,13)/b2-1+. The fourth-order valence-corrected chi connectivity index (χ4v) is 2.12. The summed E-state index contributed by atoms with van der Waals surface area (Å²) in [6.45, 7) is 0. The number of aromatic nitrogens is 2. The van der Waals surface area contributed by atoms with Crippen molar-refractivity contribution in [2.24, 2.45) is 0 Å². The monoisotopic (exact) mass is 238 g/mol. The summed E-state index contributed by atoms with van der Waals surface area (Å²) in [4.78, 5) is 19.4. The van der Waals surface area contributed by atoms with Crippen LogP contribution in [0.4, 0.5) is 0 Å². The third-order valence-electron chi connectivity index (χ3n) is 1.58. The van der Waals surface area contributed by atoms with Gasteiger partial charge in [-0.15, -0.1) is 22.7 Å². The predicted octanol–water partition coefficient (Wildman–Crippen LogP) is 2.47. The normalized spacial score (nSPS) is 10.9. The van der Waals surface area contributed by atoms with E-state index >= 15 is 0 Å². The Hall–Kier alpha value is -1.53. The molecule has 76 valence electrons. The Kier molecular flexibility index (Phi) is 2.89. The van der Waals surface area contributed by atoms with Crippen LogP contribution >= 0.6 is 22.7 Å². The molecule has 15 heavy (non-hydrogen) atoms. The van der Waals surface area contributed by atoms with Gasteiger partial charge in [0, 0.05) is 16.5 Å². The Morgan fingerprint density at radius 3 is 2.87 bits per heavy atom. The summed E-state index contributed by atoms with van der Waals surface area (Å²) in [5.41, 5.74) is 1.83. The SMILES string of the molecule is O=C(O)c1csc(/C=C/c2cncs2)n1. The molecule has 0 saturated carbocycles. The Labute approximate surface area is 93.6 Å². The zero-order valence-corrected chi connectivity index (χ0v) is 9.09. The molecule has 0 aliphatic rings. The van der Waals surface area contributed by atoms with Crippen LogP contribution in [0.15, 0.2) is 17.1 Å². The van der Waals surface area contributed by atoms with Gasteiger partial charge in [-0.05, 0) is 12.2 Å². The van der Waals surface area contributed by atoms with E-state index in [0.29, 0.717) is 5.01 Å². The van der Waals surface area contributed by atoms with Crippen LogP contribution in [0, 0.1) is 0 Å². The molecule has 0 fully saturated rings. The van der Waals surface area contributed by atoms with Gasteiger partial charge in [0.2, 0.25) is 0 Å². The van der Waals surface area contributed by atoms with Crippen molar-refractivity contribution in [3.63, 3.8) is 0 Å². The lowest BCUT2D eigenvalue weighted by Crippen LogP contribution is -1.95. The summed E-state index contributed by atoms with van der Waals surface area (Å²) in [6.07, 6.45) is 5.39. The molecule has 6 heteroatoms. The molecular formula is C9H6N2O2S2. The van der Waals surface area contributed by atoms with Crippen molar-refractivity contribution >= 4 is 40.8 Å². The molecule has 4 nitrogen and oxygen atoms in total. The van der Waals surface area contributed by atoms with Crippen LogP contribution in [-0.2, 0) is 0 Å². The van der Waals surface area contributed by atoms with E-state index < -0.39 is 5.97 Å². The smallest absolute Gasteiger partial charge is 0.355 e. The minimum absolute atomic E-state index is 0.0870. The van der Waals surface area contributed by atoms with Gasteiger partial charge in [0.15, 0.2) is 5.69 Å². The van der Waals surface area contributed by atoms with Crippen molar-refractivity contribution in [3.8, 4) is 0 Å². The minimum atomic E-state index is -0.997. The van der Waals surface area contributed by atoms with Gasteiger partial charge in [-0.25, -0.2) is 9.78 Å². The van der Waals surface area contributed by atoms with E-state index in [2.05, 4.69) is 9.97 Å². The minimum Gasteiger partial charge on any atom is -0.476 e. The van der Waals surface area contributed by atoms with Crippen molar-refractivity contribution in [1.29, 1.82) is 0 Å². The third kappa shape index (κ3) is 2.48. The van der Waals surface area contributed by atoms with Crippen LogP contribution in [0.25, 0.3) is 12.2 Å². The van der Waals surface area contributed by atoms with E-state index in [4.69, 9.17) is 5.11 Å². The largest absolute Gasteiger partial charge is 0.476 e. The number of thiazole rings is 2. The zero-order valence-electron chi connectivity index (χ0n) is 7.45. The molecule has 2 aromatic rings. The Bertz CT molecular complexity index is 488. The Morgan fingerprint density at radius 1 is 1.40 bits per heavy atom. The average Bonchev–Trinajstić information content (AvgIpc) is 2.86. The molecule has 0 saturated heterocycles. The van der Waals surface area contributed by atoms with E-state index in [-0.39, 0.29) is 5.69 Å². The number of rotatable bonds is 3. The fraction of sp³-hybridized carbons (Fsp3) is 0. The lowest BCUT2D eigenvalue weighted by molar-refractivity contribution is 0.0691.